The largest absolute Gasteiger partial charge is 1.00 e. The molecule has 0 fully saturated rings. The SMILES string of the molecule is COc1ccc(O)c(OC)c1C=Cc1cc(C)[n+](C)c(=O)n1C.O=S(=O)([O-])[O-].[H+]. The molecule has 1 N–H and O–H groups in total. The third kappa shape index (κ3) is 6.08. The topological polar surface area (TPSA) is 145 Å². The lowest BCUT2D eigenvalue weighted by molar-refractivity contribution is -0.696. The molecule has 0 bridgehead atoms. The van der Waals surface area contributed by atoms with Crippen LogP contribution in [0, 0.1) is 6.92 Å². The predicted octanol–water partition coefficient (Wildman–Crippen LogP) is 0.186. The third-order valence-corrected chi connectivity index (χ3v) is 3.83. The van der Waals surface area contributed by atoms with E-state index in [1.807, 2.05) is 13.0 Å². The number of aromatic nitrogens is 2. The van der Waals surface area contributed by atoms with Crippen molar-refractivity contribution in [2.24, 2.45) is 14.1 Å². The fourth-order valence-electron chi connectivity index (χ4n) is 2.34. The summed E-state index contributed by atoms with van der Waals surface area (Å²) < 4.78 is 47.8. The van der Waals surface area contributed by atoms with E-state index in [0.717, 1.165) is 11.4 Å². The van der Waals surface area contributed by atoms with Crippen LogP contribution < -0.4 is 19.7 Å². The summed E-state index contributed by atoms with van der Waals surface area (Å²) in [4.78, 5) is 12.1. The number of phenols is 1. The van der Waals surface area contributed by atoms with Gasteiger partial charge in [0.25, 0.3) is 0 Å². The van der Waals surface area contributed by atoms with Crippen LogP contribution in [0.1, 0.15) is 18.4 Å². The lowest BCUT2D eigenvalue weighted by Crippen LogP contribution is -2.53. The maximum absolute atomic E-state index is 12.1. The second-order valence-corrected chi connectivity index (χ2v) is 6.40. The van der Waals surface area contributed by atoms with Gasteiger partial charge in [0.1, 0.15) is 17.1 Å². The molecule has 0 saturated carbocycles. The summed E-state index contributed by atoms with van der Waals surface area (Å²) in [6, 6.07) is 5.07. The molecule has 2 rings (SSSR count). The minimum absolute atomic E-state index is 0. The van der Waals surface area contributed by atoms with Crippen molar-refractivity contribution in [1.29, 1.82) is 0 Å². The zero-order valence-electron chi connectivity index (χ0n) is 17.0. The second kappa shape index (κ2) is 9.35. The van der Waals surface area contributed by atoms with Crippen LogP contribution in [0.2, 0.25) is 0 Å². The highest BCUT2D eigenvalue weighted by molar-refractivity contribution is 7.79. The van der Waals surface area contributed by atoms with E-state index in [-0.39, 0.29) is 12.9 Å². The van der Waals surface area contributed by atoms with Crippen LogP contribution in [0.5, 0.6) is 17.2 Å². The van der Waals surface area contributed by atoms with E-state index in [0.29, 0.717) is 17.1 Å². The van der Waals surface area contributed by atoms with Crippen LogP contribution >= 0.6 is 0 Å². The quantitative estimate of drug-likeness (QED) is 0.424. The molecular weight excluding hydrogens is 392 g/mol. The number of benzene rings is 1. The minimum atomic E-state index is -5.17. The lowest BCUT2D eigenvalue weighted by Gasteiger charge is -2.11. The Kier molecular flexibility index (Phi) is 7.73. The molecule has 0 radical (unpaired) electrons. The highest BCUT2D eigenvalue weighted by Gasteiger charge is 2.14. The van der Waals surface area contributed by atoms with Gasteiger partial charge in [-0.15, -0.1) is 0 Å². The Morgan fingerprint density at radius 1 is 1.21 bits per heavy atom. The zero-order chi connectivity index (χ0) is 21.6. The van der Waals surface area contributed by atoms with Crippen LogP contribution in [0.3, 0.4) is 0 Å². The molecule has 0 atom stereocenters. The molecule has 0 amide bonds. The molecule has 154 valence electrons. The second-order valence-electron chi connectivity index (χ2n) is 5.59. The Balaban J connectivity index is 0.00000117. The molecule has 0 saturated heterocycles. The molecule has 10 nitrogen and oxygen atoms in total. The van der Waals surface area contributed by atoms with Gasteiger partial charge < -0.3 is 23.7 Å². The van der Waals surface area contributed by atoms with Crippen molar-refractivity contribution in [1.82, 2.24) is 4.57 Å². The fourth-order valence-corrected chi connectivity index (χ4v) is 2.34. The average molecular weight is 414 g/mol. The number of phenolic OH excluding ortho intramolecular Hbond substituents is 1. The van der Waals surface area contributed by atoms with Crippen LogP contribution in [-0.2, 0) is 24.5 Å². The molecule has 0 aliphatic rings. The summed E-state index contributed by atoms with van der Waals surface area (Å²) >= 11 is 0. The maximum atomic E-state index is 12.1. The van der Waals surface area contributed by atoms with Gasteiger partial charge in [0, 0.05) is 16.5 Å². The normalized spacial score (nSPS) is 11.1. The summed E-state index contributed by atoms with van der Waals surface area (Å²) in [6.45, 7) is 1.87. The molecule has 1 aromatic heterocycles. The van der Waals surface area contributed by atoms with Crippen molar-refractivity contribution in [3.63, 3.8) is 0 Å². The smallest absolute Gasteiger partial charge is 0.759 e. The van der Waals surface area contributed by atoms with Gasteiger partial charge in [0.05, 0.1) is 33.9 Å². The first-order chi connectivity index (χ1) is 12.9. The molecule has 11 heteroatoms. The van der Waals surface area contributed by atoms with Crippen molar-refractivity contribution in [2.75, 3.05) is 14.2 Å². The molecule has 1 aromatic carbocycles. The third-order valence-electron chi connectivity index (χ3n) is 3.83. The van der Waals surface area contributed by atoms with E-state index in [9.17, 15) is 9.90 Å². The maximum Gasteiger partial charge on any atom is 1.00 e. The number of rotatable bonds is 4. The van der Waals surface area contributed by atoms with Crippen LogP contribution in [0.4, 0.5) is 0 Å². The summed E-state index contributed by atoms with van der Waals surface area (Å²) in [7, 11) is 1.30. The van der Waals surface area contributed by atoms with Crippen molar-refractivity contribution >= 4 is 22.6 Å². The Bertz CT molecular complexity index is 1040. The first kappa shape index (κ1) is 23.1. The van der Waals surface area contributed by atoms with Crippen LogP contribution in [0.25, 0.3) is 12.2 Å². The van der Waals surface area contributed by atoms with Gasteiger partial charge in [-0.2, -0.15) is 13.9 Å². The van der Waals surface area contributed by atoms with Crippen molar-refractivity contribution in [2.45, 2.75) is 6.92 Å². The summed E-state index contributed by atoms with van der Waals surface area (Å²) in [6.07, 6.45) is 3.54. The number of ether oxygens (including phenoxy) is 2. The Hall–Kier alpha value is -2.89. The number of aromatic hydroxyl groups is 1. The van der Waals surface area contributed by atoms with Gasteiger partial charge in [-0.3, -0.25) is 8.42 Å². The zero-order valence-corrected chi connectivity index (χ0v) is 16.8. The average Bonchev–Trinajstić information content (AvgIpc) is 2.60. The number of methoxy groups -OCH3 is 2. The first-order valence-corrected chi connectivity index (χ1v) is 9.09. The van der Waals surface area contributed by atoms with Gasteiger partial charge in [0.2, 0.25) is 0 Å². The van der Waals surface area contributed by atoms with E-state index in [1.54, 1.807) is 48.6 Å². The van der Waals surface area contributed by atoms with E-state index < -0.39 is 10.4 Å². The number of hydrogen-bond acceptors (Lipinski definition) is 8. The van der Waals surface area contributed by atoms with E-state index in [1.165, 1.54) is 13.2 Å². The van der Waals surface area contributed by atoms with Gasteiger partial charge >= 0.3 is 7.12 Å². The monoisotopic (exact) mass is 414 g/mol. The molecular formula is C17H22N2O8S. The Morgan fingerprint density at radius 3 is 2.29 bits per heavy atom. The fraction of sp³-hybridized carbons (Fsp3) is 0.294. The van der Waals surface area contributed by atoms with Crippen molar-refractivity contribution < 1.29 is 38.1 Å². The van der Waals surface area contributed by atoms with E-state index in [4.69, 9.17) is 27.0 Å². The minimum Gasteiger partial charge on any atom is -0.759 e. The molecule has 0 aliphatic carbocycles. The molecule has 0 unspecified atom stereocenters. The lowest BCUT2D eigenvalue weighted by atomic mass is 10.1. The number of aryl methyl sites for hydroxylation is 1. The van der Waals surface area contributed by atoms with Crippen LogP contribution in [0.15, 0.2) is 23.0 Å². The van der Waals surface area contributed by atoms with E-state index >= 15 is 0 Å². The molecule has 1 heterocycles. The summed E-state index contributed by atoms with van der Waals surface area (Å²) in [5, 5.41) is 9.91. The van der Waals surface area contributed by atoms with E-state index in [2.05, 4.69) is 0 Å². The first-order valence-electron chi connectivity index (χ1n) is 7.76. The molecule has 0 spiro atoms. The Labute approximate surface area is 164 Å². The predicted molar refractivity (Wildman–Crippen MR) is 99.3 cm³/mol. The van der Waals surface area contributed by atoms with Crippen molar-refractivity contribution in [3.05, 3.63) is 45.6 Å². The highest BCUT2D eigenvalue weighted by Crippen LogP contribution is 2.37. The van der Waals surface area contributed by atoms with Gasteiger partial charge in [0.15, 0.2) is 11.5 Å². The molecule has 28 heavy (non-hydrogen) atoms. The van der Waals surface area contributed by atoms with Gasteiger partial charge in [-0.25, -0.2) is 0 Å². The molecule has 0 aliphatic heterocycles. The van der Waals surface area contributed by atoms with Crippen molar-refractivity contribution in [3.8, 4) is 17.2 Å². The van der Waals surface area contributed by atoms with Gasteiger partial charge in [-0.05, 0) is 31.2 Å². The van der Waals surface area contributed by atoms with Gasteiger partial charge in [-0.1, -0.05) is 0 Å². The standard InChI is InChI=1S/C17H20N2O4.H2O4S/c1-11-10-12(19(3)17(21)18(11)2)6-7-13-15(22-4)9-8-14(20)16(13)23-5;1-5(2,3)4/h6-10H,1-5H3;(H2,1,2,3,4). The van der Waals surface area contributed by atoms with Crippen LogP contribution in [-0.4, -0.2) is 41.4 Å². The highest BCUT2D eigenvalue weighted by atomic mass is 32.3. The number of nitrogens with zero attached hydrogens (tertiary/aromatic N) is 2. The number of hydrogen-bond donors (Lipinski definition) is 1. The summed E-state index contributed by atoms with van der Waals surface area (Å²) in [5.41, 5.74) is 2.08. The Morgan fingerprint density at radius 2 is 1.79 bits per heavy atom. The molecule has 2 aromatic rings. The summed E-state index contributed by atoms with van der Waals surface area (Å²) in [5.74, 6) is 0.917.